The molecule has 0 aliphatic carbocycles. The predicted molar refractivity (Wildman–Crippen MR) is 71.3 cm³/mol. The van der Waals surface area contributed by atoms with Crippen molar-refractivity contribution in [1.29, 1.82) is 0 Å². The molecule has 1 heterocycles. The molecule has 1 aromatic heterocycles. The summed E-state index contributed by atoms with van der Waals surface area (Å²) in [7, 11) is 0. The summed E-state index contributed by atoms with van der Waals surface area (Å²) in [6, 6.07) is 0. The molecule has 0 radical (unpaired) electrons. The number of anilines is 1. The zero-order chi connectivity index (χ0) is 12.8. The molecule has 1 rings (SSSR count). The molecule has 4 nitrogen and oxygen atoms in total. The van der Waals surface area contributed by atoms with E-state index in [0.717, 1.165) is 6.54 Å². The van der Waals surface area contributed by atoms with Crippen molar-refractivity contribution in [3.63, 3.8) is 0 Å². The van der Waals surface area contributed by atoms with E-state index in [-0.39, 0.29) is 5.56 Å². The number of hydrogen-bond acceptors (Lipinski definition) is 3. The minimum Gasteiger partial charge on any atom is -0.362 e. The number of aromatic nitrogens is 2. The van der Waals surface area contributed by atoms with Gasteiger partial charge in [-0.1, -0.05) is 25.5 Å². The molecule has 0 amide bonds. The molecule has 17 heavy (non-hydrogen) atoms. The number of nitrogens with one attached hydrogen (secondary N) is 1. The first-order chi connectivity index (χ1) is 8.00. The van der Waals surface area contributed by atoms with Crippen LogP contribution in [-0.2, 0) is 6.54 Å². The second-order valence-electron chi connectivity index (χ2n) is 4.79. The molecule has 0 saturated carbocycles. The van der Waals surface area contributed by atoms with E-state index in [0.29, 0.717) is 18.3 Å². The highest BCUT2D eigenvalue weighted by Crippen LogP contribution is 1.98. The van der Waals surface area contributed by atoms with Gasteiger partial charge in [0, 0.05) is 25.5 Å². The summed E-state index contributed by atoms with van der Waals surface area (Å²) >= 11 is 0. The van der Waals surface area contributed by atoms with Gasteiger partial charge in [-0.2, -0.15) is 0 Å². The van der Waals surface area contributed by atoms with Crippen molar-refractivity contribution in [2.75, 3.05) is 11.9 Å². The maximum Gasteiger partial charge on any atom is 0.293 e. The van der Waals surface area contributed by atoms with Crippen LogP contribution in [0.5, 0.6) is 0 Å². The van der Waals surface area contributed by atoms with E-state index in [1.54, 1.807) is 17.0 Å². The highest BCUT2D eigenvalue weighted by molar-refractivity contribution is 5.31. The smallest absolute Gasteiger partial charge is 0.293 e. The number of allylic oxidation sites excluding steroid dienone is 1. The molecule has 0 unspecified atom stereocenters. The summed E-state index contributed by atoms with van der Waals surface area (Å²) in [5.41, 5.74) is 1.17. The summed E-state index contributed by atoms with van der Waals surface area (Å²) < 4.78 is 1.70. The van der Waals surface area contributed by atoms with E-state index >= 15 is 0 Å². The molecular weight excluding hydrogens is 214 g/mol. The van der Waals surface area contributed by atoms with Crippen molar-refractivity contribution in [2.45, 2.75) is 34.2 Å². The highest BCUT2D eigenvalue weighted by atomic mass is 16.1. The molecule has 4 heteroatoms. The highest BCUT2D eigenvalue weighted by Gasteiger charge is 2.04. The van der Waals surface area contributed by atoms with Gasteiger partial charge >= 0.3 is 0 Å². The monoisotopic (exact) mass is 235 g/mol. The van der Waals surface area contributed by atoms with Crippen LogP contribution in [0.2, 0.25) is 0 Å². The van der Waals surface area contributed by atoms with Crippen LogP contribution in [0, 0.1) is 5.92 Å². The molecule has 0 aromatic carbocycles. The third kappa shape index (κ3) is 4.43. The fraction of sp³-hybridized carbons (Fsp3) is 0.538. The lowest BCUT2D eigenvalue weighted by molar-refractivity contribution is 0.509. The van der Waals surface area contributed by atoms with Crippen molar-refractivity contribution >= 4 is 5.82 Å². The molecule has 0 aliphatic rings. The average Bonchev–Trinajstić information content (AvgIpc) is 2.22. The largest absolute Gasteiger partial charge is 0.362 e. The van der Waals surface area contributed by atoms with Gasteiger partial charge in [0.25, 0.3) is 5.56 Å². The summed E-state index contributed by atoms with van der Waals surface area (Å²) in [5.74, 6) is 0.867. The second kappa shape index (κ2) is 6.23. The van der Waals surface area contributed by atoms with E-state index in [9.17, 15) is 4.79 Å². The molecule has 1 aromatic rings. The Morgan fingerprint density at radius 2 is 2.24 bits per heavy atom. The lowest BCUT2D eigenvalue weighted by atomic mass is 10.2. The molecule has 0 saturated heterocycles. The molecular formula is C13H21N3O. The van der Waals surface area contributed by atoms with Crippen LogP contribution in [0.15, 0.2) is 28.8 Å². The minimum atomic E-state index is -0.0524. The molecule has 1 N–H and O–H groups in total. The van der Waals surface area contributed by atoms with Crippen LogP contribution in [-0.4, -0.2) is 16.1 Å². The van der Waals surface area contributed by atoms with Crippen LogP contribution in [0.4, 0.5) is 5.82 Å². The standard InChI is InChI=1S/C13H21N3O/c1-10(2)5-6-14-12-13(17)16(8-7-15-12)9-11(3)4/h5,7-8,11H,6,9H2,1-4H3,(H,14,15). The lowest BCUT2D eigenvalue weighted by Crippen LogP contribution is -2.26. The molecule has 0 bridgehead atoms. The van der Waals surface area contributed by atoms with Crippen molar-refractivity contribution in [2.24, 2.45) is 5.92 Å². The van der Waals surface area contributed by atoms with E-state index in [1.807, 2.05) is 19.9 Å². The first-order valence-corrected chi connectivity index (χ1v) is 5.93. The second-order valence-corrected chi connectivity index (χ2v) is 4.79. The molecule has 0 fully saturated rings. The van der Waals surface area contributed by atoms with E-state index in [1.165, 1.54) is 5.57 Å². The summed E-state index contributed by atoms with van der Waals surface area (Å²) in [6.07, 6.45) is 5.42. The Bertz CT molecular complexity index is 442. The van der Waals surface area contributed by atoms with Crippen LogP contribution >= 0.6 is 0 Å². The Balaban J connectivity index is 2.80. The Hall–Kier alpha value is -1.58. The van der Waals surface area contributed by atoms with Gasteiger partial charge in [-0.25, -0.2) is 4.98 Å². The van der Waals surface area contributed by atoms with Gasteiger partial charge < -0.3 is 9.88 Å². The number of hydrogen-bond donors (Lipinski definition) is 1. The maximum absolute atomic E-state index is 12.0. The fourth-order valence-electron chi connectivity index (χ4n) is 1.46. The maximum atomic E-state index is 12.0. The molecule has 0 aliphatic heterocycles. The van der Waals surface area contributed by atoms with Crippen molar-refractivity contribution in [1.82, 2.24) is 9.55 Å². The topological polar surface area (TPSA) is 46.9 Å². The Morgan fingerprint density at radius 3 is 2.82 bits per heavy atom. The minimum absolute atomic E-state index is 0.0524. The predicted octanol–water partition coefficient (Wildman–Crippen LogP) is 2.28. The Kier molecular flexibility index (Phi) is 4.94. The van der Waals surface area contributed by atoms with Gasteiger partial charge in [0.1, 0.15) is 0 Å². The lowest BCUT2D eigenvalue weighted by Gasteiger charge is -2.10. The SMILES string of the molecule is CC(C)=CCNc1nccn(CC(C)C)c1=O. The summed E-state index contributed by atoms with van der Waals surface area (Å²) in [4.78, 5) is 16.1. The van der Waals surface area contributed by atoms with E-state index < -0.39 is 0 Å². The van der Waals surface area contributed by atoms with Crippen LogP contribution in [0.3, 0.4) is 0 Å². The number of nitrogens with zero attached hydrogens (tertiary/aromatic N) is 2. The third-order valence-corrected chi connectivity index (χ3v) is 2.26. The van der Waals surface area contributed by atoms with Gasteiger partial charge in [0.15, 0.2) is 5.82 Å². The van der Waals surface area contributed by atoms with Crippen LogP contribution < -0.4 is 10.9 Å². The quantitative estimate of drug-likeness (QED) is 0.796. The van der Waals surface area contributed by atoms with Crippen molar-refractivity contribution in [3.05, 3.63) is 34.4 Å². The van der Waals surface area contributed by atoms with Gasteiger partial charge in [0.05, 0.1) is 0 Å². The Labute approximate surface area is 102 Å². The van der Waals surface area contributed by atoms with Crippen molar-refractivity contribution < 1.29 is 0 Å². The zero-order valence-corrected chi connectivity index (χ0v) is 11.0. The number of rotatable bonds is 5. The van der Waals surface area contributed by atoms with Gasteiger partial charge in [-0.3, -0.25) is 4.79 Å². The third-order valence-electron chi connectivity index (χ3n) is 2.26. The summed E-state index contributed by atoms with van der Waals surface area (Å²) in [6.45, 7) is 9.58. The van der Waals surface area contributed by atoms with Crippen molar-refractivity contribution in [3.8, 4) is 0 Å². The zero-order valence-electron chi connectivity index (χ0n) is 11.0. The molecule has 94 valence electrons. The first kappa shape index (κ1) is 13.5. The van der Waals surface area contributed by atoms with Gasteiger partial charge in [0.2, 0.25) is 0 Å². The van der Waals surface area contributed by atoms with Gasteiger partial charge in [-0.05, 0) is 19.8 Å². The van der Waals surface area contributed by atoms with E-state index in [2.05, 4.69) is 24.1 Å². The molecule has 0 spiro atoms. The molecule has 0 atom stereocenters. The Morgan fingerprint density at radius 1 is 1.53 bits per heavy atom. The average molecular weight is 235 g/mol. The van der Waals surface area contributed by atoms with E-state index in [4.69, 9.17) is 0 Å². The van der Waals surface area contributed by atoms with Crippen LogP contribution in [0.25, 0.3) is 0 Å². The first-order valence-electron chi connectivity index (χ1n) is 5.93. The summed E-state index contributed by atoms with van der Waals surface area (Å²) in [5, 5.41) is 3.04. The van der Waals surface area contributed by atoms with Crippen LogP contribution in [0.1, 0.15) is 27.7 Å². The fourth-order valence-corrected chi connectivity index (χ4v) is 1.46. The normalized spacial score (nSPS) is 10.4. The van der Waals surface area contributed by atoms with Gasteiger partial charge in [-0.15, -0.1) is 0 Å².